The Labute approximate surface area is 450 Å². The molecule has 412 valence electrons. The highest BCUT2D eigenvalue weighted by Crippen LogP contribution is 2.35. The molecule has 1 heterocycles. The third-order valence-electron chi connectivity index (χ3n) is 14.6. The van der Waals surface area contributed by atoms with Crippen LogP contribution in [0.15, 0.2) is 74.2 Å². The Bertz CT molecular complexity index is 1200. The summed E-state index contributed by atoms with van der Waals surface area (Å²) in [5.74, 6) is 3.93. The highest BCUT2D eigenvalue weighted by atomic mass is 33.1. The quantitative estimate of drug-likeness (QED) is 0.0371. The summed E-state index contributed by atoms with van der Waals surface area (Å²) in [6, 6.07) is 0. The first kappa shape index (κ1) is 70.8. The monoisotopic (exact) mass is 1010 g/mol. The lowest BCUT2D eigenvalue weighted by Crippen LogP contribution is -2.38. The summed E-state index contributed by atoms with van der Waals surface area (Å²) in [4.78, 5) is 5.20. The van der Waals surface area contributed by atoms with Crippen molar-refractivity contribution in [1.29, 1.82) is 0 Å². The number of allylic oxidation sites excluding steroid dienone is 6. The van der Waals surface area contributed by atoms with Gasteiger partial charge in [-0.2, -0.15) is 0 Å². The number of rotatable bonds is 47. The van der Waals surface area contributed by atoms with Crippen molar-refractivity contribution >= 4 is 21.6 Å². The van der Waals surface area contributed by atoms with E-state index in [2.05, 4.69) is 122 Å². The molecule has 0 aliphatic carbocycles. The fourth-order valence-corrected chi connectivity index (χ4v) is 11.9. The fourth-order valence-electron chi connectivity index (χ4n) is 9.72. The Morgan fingerprint density at radius 2 is 1.10 bits per heavy atom. The summed E-state index contributed by atoms with van der Waals surface area (Å²) in [6.45, 7) is 49.3. The Hall–Kier alpha value is -1.30. The molecule has 1 aliphatic heterocycles. The van der Waals surface area contributed by atoms with Crippen molar-refractivity contribution in [3.05, 3.63) is 74.2 Å². The number of nitrogens with zero attached hydrogens (tertiary/aromatic N) is 2. The molecule has 1 unspecified atom stereocenters. The van der Waals surface area contributed by atoms with E-state index in [0.29, 0.717) is 5.92 Å². The van der Waals surface area contributed by atoms with Gasteiger partial charge in [-0.05, 0) is 120 Å². The summed E-state index contributed by atoms with van der Waals surface area (Å²) >= 11 is 0. The van der Waals surface area contributed by atoms with Gasteiger partial charge < -0.3 is 15.1 Å². The van der Waals surface area contributed by atoms with E-state index >= 15 is 0 Å². The molecule has 0 radical (unpaired) electrons. The van der Waals surface area contributed by atoms with Gasteiger partial charge in [-0.15, -0.1) is 13.2 Å². The summed E-state index contributed by atoms with van der Waals surface area (Å²) in [5, 5.41) is 3.57. The molecule has 1 fully saturated rings. The second-order valence-electron chi connectivity index (χ2n) is 22.0. The lowest BCUT2D eigenvalue weighted by Gasteiger charge is -2.39. The molecule has 1 atom stereocenters. The van der Waals surface area contributed by atoms with Gasteiger partial charge in [0.1, 0.15) is 0 Å². The Morgan fingerprint density at radius 1 is 0.586 bits per heavy atom. The molecule has 0 amide bonds. The maximum atomic E-state index is 4.55. The van der Waals surface area contributed by atoms with Gasteiger partial charge in [0.25, 0.3) is 0 Å². The molecule has 1 saturated heterocycles. The third kappa shape index (κ3) is 45.3. The van der Waals surface area contributed by atoms with Crippen LogP contribution in [0.25, 0.3) is 0 Å². The predicted octanol–water partition coefficient (Wildman–Crippen LogP) is 21.7. The Kier molecular flexibility index (Phi) is 53.1. The lowest BCUT2D eigenvalue weighted by atomic mass is 9.75. The van der Waals surface area contributed by atoms with Gasteiger partial charge in [-0.1, -0.05) is 255 Å². The predicted molar refractivity (Wildman–Crippen MR) is 330 cm³/mol. The van der Waals surface area contributed by atoms with E-state index in [1.54, 1.807) is 0 Å². The van der Waals surface area contributed by atoms with E-state index in [-0.39, 0.29) is 5.41 Å². The highest BCUT2D eigenvalue weighted by molar-refractivity contribution is 8.76. The van der Waals surface area contributed by atoms with Crippen molar-refractivity contribution in [2.24, 2.45) is 17.3 Å². The van der Waals surface area contributed by atoms with Crippen LogP contribution in [0.5, 0.6) is 0 Å². The van der Waals surface area contributed by atoms with Crippen LogP contribution >= 0.6 is 21.6 Å². The minimum absolute atomic E-state index is 0.229. The molecule has 1 rings (SSSR count). The number of hydrogen-bond donors (Lipinski definition) is 1. The van der Waals surface area contributed by atoms with Gasteiger partial charge in [0, 0.05) is 49.1 Å². The second-order valence-corrected chi connectivity index (χ2v) is 24.7. The topological polar surface area (TPSA) is 18.5 Å². The van der Waals surface area contributed by atoms with Gasteiger partial charge in [0.15, 0.2) is 0 Å². The largest absolute Gasteiger partial charge is 0.388 e. The second kappa shape index (κ2) is 52.6. The zero-order valence-electron chi connectivity index (χ0n) is 49.0. The maximum Gasteiger partial charge on any atom is 0.0271 e. The third-order valence-corrected chi connectivity index (χ3v) is 17.2. The van der Waals surface area contributed by atoms with E-state index in [1.807, 2.05) is 21.6 Å². The van der Waals surface area contributed by atoms with E-state index in [0.717, 1.165) is 64.2 Å². The molecular formula is C65H125N3S2. The van der Waals surface area contributed by atoms with Crippen molar-refractivity contribution in [1.82, 2.24) is 15.1 Å². The average molecular weight is 1010 g/mol. The van der Waals surface area contributed by atoms with E-state index in [1.165, 1.54) is 233 Å². The van der Waals surface area contributed by atoms with E-state index in [9.17, 15) is 0 Å². The first-order valence-electron chi connectivity index (χ1n) is 30.2. The van der Waals surface area contributed by atoms with Crippen LogP contribution in [0.2, 0.25) is 0 Å². The maximum absolute atomic E-state index is 4.55. The van der Waals surface area contributed by atoms with Gasteiger partial charge in [-0.3, -0.25) is 0 Å². The molecule has 0 bridgehead atoms. The van der Waals surface area contributed by atoms with Crippen molar-refractivity contribution in [2.75, 3.05) is 50.8 Å². The fraction of sp³-hybridized carbons (Fsp3) is 0.815. The number of hydrogen-bond acceptors (Lipinski definition) is 5. The molecule has 5 heteroatoms. The zero-order valence-corrected chi connectivity index (χ0v) is 50.6. The highest BCUT2D eigenvalue weighted by Gasteiger charge is 2.29. The first-order chi connectivity index (χ1) is 33.9. The summed E-state index contributed by atoms with van der Waals surface area (Å²) in [7, 11) is 4.06. The number of nitrogens with one attached hydrogen (secondary N) is 1. The van der Waals surface area contributed by atoms with E-state index in [4.69, 9.17) is 0 Å². The summed E-state index contributed by atoms with van der Waals surface area (Å²) in [6.07, 6.45) is 50.0. The number of unbranched alkanes of at least 4 members (excludes halogenated alkanes) is 14. The molecule has 1 N–H and O–H groups in total. The van der Waals surface area contributed by atoms with Gasteiger partial charge in [0.2, 0.25) is 0 Å². The van der Waals surface area contributed by atoms with Crippen molar-refractivity contribution < 1.29 is 0 Å². The molecule has 0 aromatic carbocycles. The van der Waals surface area contributed by atoms with Crippen LogP contribution in [0.1, 0.15) is 274 Å². The molecular weight excluding hydrogens is 887 g/mol. The molecule has 0 saturated carbocycles. The molecule has 70 heavy (non-hydrogen) atoms. The molecule has 0 spiro atoms. The van der Waals surface area contributed by atoms with Crippen LogP contribution in [-0.4, -0.2) is 60.6 Å². The number of likely N-dealkylation sites (tertiary alicyclic amines) is 1. The average Bonchev–Trinajstić information content (AvgIpc) is 3.62. The normalized spacial score (nSPS) is 13.6. The van der Waals surface area contributed by atoms with Gasteiger partial charge in [-0.25, -0.2) is 0 Å². The van der Waals surface area contributed by atoms with Crippen molar-refractivity contribution in [2.45, 2.75) is 274 Å². The van der Waals surface area contributed by atoms with Crippen LogP contribution in [0, 0.1) is 17.3 Å². The lowest BCUT2D eigenvalue weighted by molar-refractivity contribution is 0.147. The summed E-state index contributed by atoms with van der Waals surface area (Å²) in [5.41, 5.74) is 5.69. The summed E-state index contributed by atoms with van der Waals surface area (Å²) < 4.78 is 0. The first-order valence-corrected chi connectivity index (χ1v) is 32.7. The zero-order chi connectivity index (χ0) is 52.4. The van der Waals surface area contributed by atoms with Crippen LogP contribution in [0.3, 0.4) is 0 Å². The minimum atomic E-state index is 0.229. The smallest absolute Gasteiger partial charge is 0.0271 e. The van der Waals surface area contributed by atoms with E-state index < -0.39 is 0 Å². The molecule has 3 nitrogen and oxygen atoms in total. The van der Waals surface area contributed by atoms with Crippen LogP contribution < -0.4 is 5.32 Å². The SMILES string of the molecule is C=C.C=C(CC/C=C\CCCCCC)CC(C)C(C)(C)CN(CCC)C(=C)CCCSSCCCC(=C)NCCN1CCCCCC1.C=C(CCC)CC(CCCCCCCC)CCCCCCCC. The molecule has 0 aromatic heterocycles. The van der Waals surface area contributed by atoms with Gasteiger partial charge >= 0.3 is 0 Å². The van der Waals surface area contributed by atoms with Crippen molar-refractivity contribution in [3.63, 3.8) is 0 Å². The Morgan fingerprint density at radius 3 is 1.66 bits per heavy atom. The van der Waals surface area contributed by atoms with Crippen LogP contribution in [-0.2, 0) is 0 Å². The Balaban J connectivity index is 0. The van der Waals surface area contributed by atoms with Gasteiger partial charge in [0.05, 0.1) is 0 Å². The standard InChI is InChI=1S/C40H75N3S2.C23H46.C2H4/c1-9-11-12-13-14-15-16-19-24-36(3)34-37(4)40(7,8)35-43(28-10-2)39(6)26-23-33-45-44-32-22-25-38(5)41-27-31-42-29-20-17-18-21-30-42;1-5-8-10-12-14-16-19-23(21-22(4)18-7-3)20-17-15-13-11-9-6-2;1-2/h15-16,37,41H,3,5-6,9-14,17-35H2,1-2,4,7-8H3;23H,4-21H2,1-3H3;1-2H2/b16-15-;;. The minimum Gasteiger partial charge on any atom is -0.388 e. The molecule has 1 aliphatic rings. The molecule has 0 aromatic rings. The van der Waals surface area contributed by atoms with Crippen LogP contribution in [0.4, 0.5) is 0 Å². The van der Waals surface area contributed by atoms with Crippen molar-refractivity contribution in [3.8, 4) is 0 Å².